The molecule has 2 nitrogen and oxygen atoms in total. The Balaban J connectivity index is 2.82. The van der Waals surface area contributed by atoms with Crippen molar-refractivity contribution in [1.82, 2.24) is 0 Å². The summed E-state index contributed by atoms with van der Waals surface area (Å²) in [6.07, 6.45) is 1.89. The first kappa shape index (κ1) is 10.5. The summed E-state index contributed by atoms with van der Waals surface area (Å²) in [4.78, 5) is 10.8. The second kappa shape index (κ2) is 4.61. The van der Waals surface area contributed by atoms with Gasteiger partial charge in [-0.05, 0) is 18.4 Å². The molecule has 0 aromatic heterocycles. The molecule has 0 spiro atoms. The highest BCUT2D eigenvalue weighted by atomic mass is 16.1. The molecule has 1 aromatic rings. The van der Waals surface area contributed by atoms with Crippen LogP contribution in [-0.2, 0) is 4.79 Å². The predicted molar refractivity (Wildman–Crippen MR) is 57.8 cm³/mol. The van der Waals surface area contributed by atoms with Crippen LogP contribution in [0.3, 0.4) is 0 Å². The highest BCUT2D eigenvalue weighted by Crippen LogP contribution is 2.17. The smallest absolute Gasteiger partial charge is 0.244 e. The minimum atomic E-state index is -0.354. The maximum absolute atomic E-state index is 10.8. The average Bonchev–Trinajstić information content (AvgIpc) is 2.19. The summed E-state index contributed by atoms with van der Waals surface area (Å²) in [6.45, 7) is 3.78. The Labute approximate surface area is 84.4 Å². The maximum atomic E-state index is 10.8. The van der Waals surface area contributed by atoms with Gasteiger partial charge in [0.05, 0.1) is 0 Å². The van der Waals surface area contributed by atoms with E-state index in [1.165, 1.54) is 5.56 Å². The first-order valence-electron chi connectivity index (χ1n) is 4.64. The van der Waals surface area contributed by atoms with Crippen LogP contribution < -0.4 is 5.73 Å². The Kier molecular flexibility index (Phi) is 3.46. The third-order valence-electron chi connectivity index (χ3n) is 2.21. The molecule has 0 radical (unpaired) electrons. The lowest BCUT2D eigenvalue weighted by Crippen LogP contribution is -2.12. The first-order valence-corrected chi connectivity index (χ1v) is 4.64. The van der Waals surface area contributed by atoms with E-state index in [4.69, 9.17) is 5.73 Å². The van der Waals surface area contributed by atoms with Gasteiger partial charge in [-0.25, -0.2) is 0 Å². The molecule has 0 aliphatic heterocycles. The number of hydrogen-bond acceptors (Lipinski definition) is 1. The van der Waals surface area contributed by atoms with Crippen LogP contribution in [0.25, 0.3) is 0 Å². The van der Waals surface area contributed by atoms with Crippen LogP contribution in [0.2, 0.25) is 0 Å². The number of carbonyl (C=O) groups excluding carboxylic acids is 1. The number of primary amides is 1. The molecule has 0 unspecified atom stereocenters. The number of nitrogens with two attached hydrogens (primary N) is 1. The minimum Gasteiger partial charge on any atom is -0.366 e. The summed E-state index contributed by atoms with van der Waals surface area (Å²) in [5.41, 5.74) is 6.96. The van der Waals surface area contributed by atoms with E-state index in [-0.39, 0.29) is 11.8 Å². The van der Waals surface area contributed by atoms with Crippen LogP contribution in [0.1, 0.15) is 25.3 Å². The Morgan fingerprint density at radius 2 is 1.93 bits per heavy atom. The van der Waals surface area contributed by atoms with Gasteiger partial charge in [0, 0.05) is 5.57 Å². The van der Waals surface area contributed by atoms with E-state index in [0.29, 0.717) is 5.57 Å². The molecule has 2 heteroatoms. The van der Waals surface area contributed by atoms with Crippen molar-refractivity contribution in [3.63, 3.8) is 0 Å². The summed E-state index contributed by atoms with van der Waals surface area (Å²) in [6, 6.07) is 10.0. The molecule has 0 bridgehead atoms. The Morgan fingerprint density at radius 1 is 1.36 bits per heavy atom. The summed E-state index contributed by atoms with van der Waals surface area (Å²) < 4.78 is 0. The fourth-order valence-corrected chi connectivity index (χ4v) is 1.31. The average molecular weight is 189 g/mol. The molecule has 14 heavy (non-hydrogen) atoms. The predicted octanol–water partition coefficient (Wildman–Crippen LogP) is 2.22. The minimum absolute atomic E-state index is 0.226. The van der Waals surface area contributed by atoms with Crippen LogP contribution in [0.4, 0.5) is 0 Å². The van der Waals surface area contributed by atoms with E-state index in [1.807, 2.05) is 43.3 Å². The summed E-state index contributed by atoms with van der Waals surface area (Å²) in [5.74, 6) is -0.128. The highest BCUT2D eigenvalue weighted by Gasteiger charge is 2.03. The number of amides is 1. The van der Waals surface area contributed by atoms with Gasteiger partial charge in [0.15, 0.2) is 0 Å². The lowest BCUT2D eigenvalue weighted by Gasteiger charge is -2.07. The van der Waals surface area contributed by atoms with E-state index in [0.717, 1.165) is 0 Å². The molecular formula is C12H15NO. The lowest BCUT2D eigenvalue weighted by atomic mass is 9.99. The molecule has 2 N–H and O–H groups in total. The van der Waals surface area contributed by atoms with Crippen molar-refractivity contribution in [2.24, 2.45) is 5.73 Å². The van der Waals surface area contributed by atoms with Crippen molar-refractivity contribution in [3.05, 3.63) is 47.5 Å². The molecule has 74 valence electrons. The zero-order valence-corrected chi connectivity index (χ0v) is 8.53. The molecular weight excluding hydrogens is 174 g/mol. The van der Waals surface area contributed by atoms with Crippen molar-refractivity contribution in [2.45, 2.75) is 19.8 Å². The topological polar surface area (TPSA) is 43.1 Å². The summed E-state index contributed by atoms with van der Waals surface area (Å²) >= 11 is 0. The molecule has 1 amide bonds. The third-order valence-corrected chi connectivity index (χ3v) is 2.21. The lowest BCUT2D eigenvalue weighted by molar-refractivity contribution is -0.114. The van der Waals surface area contributed by atoms with Gasteiger partial charge in [-0.2, -0.15) is 0 Å². The van der Waals surface area contributed by atoms with Gasteiger partial charge < -0.3 is 5.73 Å². The summed E-state index contributed by atoms with van der Waals surface area (Å²) in [5, 5.41) is 0. The van der Waals surface area contributed by atoms with Crippen molar-refractivity contribution in [3.8, 4) is 0 Å². The molecule has 0 aliphatic carbocycles. The fourth-order valence-electron chi connectivity index (χ4n) is 1.31. The molecule has 0 heterocycles. The van der Waals surface area contributed by atoms with Crippen LogP contribution in [0.15, 0.2) is 42.0 Å². The molecule has 1 aromatic carbocycles. The Morgan fingerprint density at radius 3 is 2.43 bits per heavy atom. The van der Waals surface area contributed by atoms with Gasteiger partial charge >= 0.3 is 0 Å². The largest absolute Gasteiger partial charge is 0.366 e. The number of hydrogen-bond donors (Lipinski definition) is 1. The number of allylic oxidation sites excluding steroid dienone is 1. The van der Waals surface area contributed by atoms with Crippen molar-refractivity contribution < 1.29 is 4.79 Å². The van der Waals surface area contributed by atoms with Gasteiger partial charge in [0.25, 0.3) is 0 Å². The Bertz CT molecular complexity index is 341. The zero-order valence-electron chi connectivity index (χ0n) is 8.53. The van der Waals surface area contributed by atoms with E-state index < -0.39 is 0 Å². The van der Waals surface area contributed by atoms with E-state index in [2.05, 4.69) is 0 Å². The van der Waals surface area contributed by atoms with Crippen LogP contribution >= 0.6 is 0 Å². The van der Waals surface area contributed by atoms with Gasteiger partial charge in [0.1, 0.15) is 0 Å². The molecule has 0 saturated carbocycles. The van der Waals surface area contributed by atoms with E-state index in [9.17, 15) is 4.79 Å². The second-order valence-electron chi connectivity index (χ2n) is 3.41. The SMILES string of the molecule is C/C(=C\[C@@H](C)c1ccccc1)C(N)=O. The standard InChI is InChI=1S/C12H15NO/c1-9(8-10(2)12(13)14)11-6-4-3-5-7-11/h3-9H,1-2H3,(H2,13,14)/b10-8+/t9-/m1/s1. The third kappa shape index (κ3) is 2.73. The van der Waals surface area contributed by atoms with Crippen molar-refractivity contribution >= 4 is 5.91 Å². The first-order chi connectivity index (χ1) is 6.61. The zero-order chi connectivity index (χ0) is 10.6. The molecule has 0 saturated heterocycles. The normalized spacial score (nSPS) is 13.7. The van der Waals surface area contributed by atoms with E-state index >= 15 is 0 Å². The van der Waals surface area contributed by atoms with Crippen molar-refractivity contribution in [1.29, 1.82) is 0 Å². The molecule has 1 atom stereocenters. The monoisotopic (exact) mass is 189 g/mol. The fraction of sp³-hybridized carbons (Fsp3) is 0.250. The Hall–Kier alpha value is -1.57. The number of carbonyl (C=O) groups is 1. The van der Waals surface area contributed by atoms with Crippen LogP contribution in [0, 0.1) is 0 Å². The van der Waals surface area contributed by atoms with Crippen LogP contribution in [0.5, 0.6) is 0 Å². The second-order valence-corrected chi connectivity index (χ2v) is 3.41. The van der Waals surface area contributed by atoms with Crippen LogP contribution in [-0.4, -0.2) is 5.91 Å². The quantitative estimate of drug-likeness (QED) is 0.728. The maximum Gasteiger partial charge on any atom is 0.244 e. The van der Waals surface area contributed by atoms with Gasteiger partial charge in [-0.1, -0.05) is 43.3 Å². The molecule has 0 aliphatic rings. The van der Waals surface area contributed by atoms with Gasteiger partial charge in [0.2, 0.25) is 5.91 Å². The van der Waals surface area contributed by atoms with Crippen molar-refractivity contribution in [2.75, 3.05) is 0 Å². The molecule has 0 fully saturated rings. The van der Waals surface area contributed by atoms with Gasteiger partial charge in [-0.3, -0.25) is 4.79 Å². The van der Waals surface area contributed by atoms with Gasteiger partial charge in [-0.15, -0.1) is 0 Å². The number of rotatable bonds is 3. The number of benzene rings is 1. The highest BCUT2D eigenvalue weighted by molar-refractivity contribution is 5.91. The molecule has 1 rings (SSSR count). The summed E-state index contributed by atoms with van der Waals surface area (Å²) in [7, 11) is 0. The van der Waals surface area contributed by atoms with E-state index in [1.54, 1.807) is 6.92 Å².